The molecule has 2 fully saturated rings. The molecule has 4 N–H and O–H groups in total. The van der Waals surface area contributed by atoms with Crippen molar-refractivity contribution >= 4 is 5.91 Å². The normalized spacial score (nSPS) is 31.3. The smallest absolute Gasteiger partial charge is 0.225 e. The van der Waals surface area contributed by atoms with Crippen molar-refractivity contribution in [3.63, 3.8) is 0 Å². The van der Waals surface area contributed by atoms with E-state index in [-0.39, 0.29) is 17.9 Å². The number of piperidine rings is 1. The summed E-state index contributed by atoms with van der Waals surface area (Å²) >= 11 is 0. The Kier molecular flexibility index (Phi) is 4.26. The van der Waals surface area contributed by atoms with Crippen LogP contribution >= 0.6 is 0 Å². The van der Waals surface area contributed by atoms with Crippen molar-refractivity contribution in [3.05, 3.63) is 18.2 Å². The monoisotopic (exact) mass is 292 g/mol. The van der Waals surface area contributed by atoms with E-state index in [0.717, 1.165) is 44.6 Å². The molecular weight excluding hydrogens is 268 g/mol. The first-order valence-electron chi connectivity index (χ1n) is 7.87. The fourth-order valence-corrected chi connectivity index (χ4v) is 3.53. The van der Waals surface area contributed by atoms with E-state index < -0.39 is 6.10 Å². The minimum atomic E-state index is -0.534. The number of aliphatic hydroxyl groups is 1. The van der Waals surface area contributed by atoms with Gasteiger partial charge in [-0.25, -0.2) is 4.98 Å². The van der Waals surface area contributed by atoms with Gasteiger partial charge in [0.25, 0.3) is 0 Å². The largest absolute Gasteiger partial charge is 0.391 e. The van der Waals surface area contributed by atoms with Gasteiger partial charge in [-0.15, -0.1) is 0 Å². The summed E-state index contributed by atoms with van der Waals surface area (Å²) in [6, 6.07) is -0.168. The van der Waals surface area contributed by atoms with Crippen LogP contribution in [0, 0.1) is 5.92 Å². The van der Waals surface area contributed by atoms with Crippen LogP contribution in [0.2, 0.25) is 0 Å². The summed E-state index contributed by atoms with van der Waals surface area (Å²) in [7, 11) is 0. The Morgan fingerprint density at radius 3 is 2.71 bits per heavy atom. The zero-order valence-electron chi connectivity index (χ0n) is 12.2. The molecule has 1 aromatic rings. The molecule has 1 saturated carbocycles. The number of nitrogens with one attached hydrogen (secondary N) is 1. The first kappa shape index (κ1) is 14.5. The van der Waals surface area contributed by atoms with Crippen molar-refractivity contribution in [1.82, 2.24) is 14.9 Å². The number of nitrogens with two attached hydrogens (primary N) is 1. The molecule has 1 aliphatic heterocycles. The topological polar surface area (TPSA) is 95.2 Å². The van der Waals surface area contributed by atoms with Crippen molar-refractivity contribution in [1.29, 1.82) is 0 Å². The maximum absolute atomic E-state index is 12.5. The second-order valence-corrected chi connectivity index (χ2v) is 6.32. The lowest BCUT2D eigenvalue weighted by molar-refractivity contribution is -0.139. The summed E-state index contributed by atoms with van der Waals surface area (Å²) < 4.78 is 0. The molecule has 2 heterocycles. The molecule has 116 valence electrons. The molecule has 0 aromatic carbocycles. The van der Waals surface area contributed by atoms with E-state index in [1.165, 1.54) is 0 Å². The molecule has 0 radical (unpaired) electrons. The zero-order chi connectivity index (χ0) is 14.8. The van der Waals surface area contributed by atoms with Crippen LogP contribution in [-0.2, 0) is 4.79 Å². The minimum absolute atomic E-state index is 0.0556. The number of hydrogen-bond donors (Lipinski definition) is 3. The lowest BCUT2D eigenvalue weighted by Crippen LogP contribution is -2.47. The van der Waals surface area contributed by atoms with Gasteiger partial charge in [0.05, 0.1) is 6.10 Å². The SMILES string of the molecule is N[C@H]1CC[C@H](C(=O)N2CCC(c3ncc[nH]3)CC2)C[C@@H]1O. The van der Waals surface area contributed by atoms with E-state index in [1.54, 1.807) is 6.20 Å². The molecular formula is C15H24N4O2. The Bertz CT molecular complexity index is 468. The van der Waals surface area contributed by atoms with Crippen LogP contribution in [0.4, 0.5) is 0 Å². The Morgan fingerprint density at radius 1 is 1.33 bits per heavy atom. The number of likely N-dealkylation sites (tertiary alicyclic amines) is 1. The second-order valence-electron chi connectivity index (χ2n) is 6.32. The molecule has 6 nitrogen and oxygen atoms in total. The van der Waals surface area contributed by atoms with Crippen molar-refractivity contribution in [2.75, 3.05) is 13.1 Å². The van der Waals surface area contributed by atoms with Gasteiger partial charge >= 0.3 is 0 Å². The van der Waals surface area contributed by atoms with Gasteiger partial charge in [0.2, 0.25) is 5.91 Å². The highest BCUT2D eigenvalue weighted by Crippen LogP contribution is 2.29. The summed E-state index contributed by atoms with van der Waals surface area (Å²) in [5.74, 6) is 1.59. The molecule has 0 bridgehead atoms. The minimum Gasteiger partial charge on any atom is -0.391 e. The van der Waals surface area contributed by atoms with Gasteiger partial charge in [-0.3, -0.25) is 4.79 Å². The van der Waals surface area contributed by atoms with E-state index in [0.29, 0.717) is 12.3 Å². The zero-order valence-corrected chi connectivity index (χ0v) is 12.2. The molecule has 1 saturated heterocycles. The van der Waals surface area contributed by atoms with Gasteiger partial charge < -0.3 is 20.7 Å². The lowest BCUT2D eigenvalue weighted by Gasteiger charge is -2.36. The third-order valence-electron chi connectivity index (χ3n) is 4.93. The molecule has 1 aromatic heterocycles. The number of H-pyrrole nitrogens is 1. The number of carbonyl (C=O) groups excluding carboxylic acids is 1. The highest BCUT2D eigenvalue weighted by Gasteiger charge is 2.34. The summed E-state index contributed by atoms with van der Waals surface area (Å²) in [5.41, 5.74) is 5.81. The third-order valence-corrected chi connectivity index (χ3v) is 4.93. The first-order chi connectivity index (χ1) is 10.1. The number of imidazole rings is 1. The van der Waals surface area contributed by atoms with Crippen LogP contribution in [-0.4, -0.2) is 51.1 Å². The molecule has 0 unspecified atom stereocenters. The Balaban J connectivity index is 1.53. The molecule has 3 rings (SSSR count). The first-order valence-corrected chi connectivity index (χ1v) is 7.87. The molecule has 6 heteroatoms. The summed E-state index contributed by atoms with van der Waals surface area (Å²) in [6.07, 6.45) is 7.04. The number of rotatable bonds is 2. The quantitative estimate of drug-likeness (QED) is 0.744. The van der Waals surface area contributed by atoms with Gasteiger partial charge in [0, 0.05) is 43.4 Å². The highest BCUT2D eigenvalue weighted by atomic mass is 16.3. The molecule has 1 amide bonds. The number of carbonyl (C=O) groups is 1. The van der Waals surface area contributed by atoms with Crippen molar-refractivity contribution in [2.24, 2.45) is 11.7 Å². The third kappa shape index (κ3) is 3.11. The van der Waals surface area contributed by atoms with Crippen LogP contribution in [0.3, 0.4) is 0 Å². The van der Waals surface area contributed by atoms with Crippen LogP contribution in [0.1, 0.15) is 43.8 Å². The highest BCUT2D eigenvalue weighted by molar-refractivity contribution is 5.79. The van der Waals surface area contributed by atoms with Gasteiger partial charge in [-0.05, 0) is 32.1 Å². The Hall–Kier alpha value is -1.40. The maximum Gasteiger partial charge on any atom is 0.225 e. The van der Waals surface area contributed by atoms with Crippen molar-refractivity contribution in [2.45, 2.75) is 50.2 Å². The van der Waals surface area contributed by atoms with E-state index >= 15 is 0 Å². The van der Waals surface area contributed by atoms with Crippen LogP contribution < -0.4 is 5.73 Å². The Morgan fingerprint density at radius 2 is 2.10 bits per heavy atom. The van der Waals surface area contributed by atoms with Crippen LogP contribution in [0.5, 0.6) is 0 Å². The molecule has 0 spiro atoms. The number of amides is 1. The van der Waals surface area contributed by atoms with Crippen LogP contribution in [0.25, 0.3) is 0 Å². The van der Waals surface area contributed by atoms with Gasteiger partial charge in [-0.1, -0.05) is 0 Å². The summed E-state index contributed by atoms with van der Waals surface area (Å²) in [5, 5.41) is 9.85. The Labute approximate surface area is 124 Å². The molecule has 2 aliphatic rings. The van der Waals surface area contributed by atoms with Crippen molar-refractivity contribution in [3.8, 4) is 0 Å². The summed E-state index contributed by atoms with van der Waals surface area (Å²) in [4.78, 5) is 22.0. The standard InChI is InChI=1S/C15H24N4O2/c16-12-2-1-11(9-13(12)20)15(21)19-7-3-10(4-8-19)14-17-5-6-18-14/h5-6,10-13,20H,1-4,7-9,16H2,(H,17,18)/t11-,12-,13-/m0/s1. The van der Waals surface area contributed by atoms with E-state index in [2.05, 4.69) is 9.97 Å². The number of aromatic amines is 1. The number of hydrogen-bond acceptors (Lipinski definition) is 4. The fourth-order valence-electron chi connectivity index (χ4n) is 3.53. The average molecular weight is 292 g/mol. The lowest BCUT2D eigenvalue weighted by atomic mass is 9.83. The van der Waals surface area contributed by atoms with Crippen LogP contribution in [0.15, 0.2) is 12.4 Å². The number of aromatic nitrogens is 2. The number of nitrogens with zero attached hydrogens (tertiary/aromatic N) is 2. The van der Waals surface area contributed by atoms with Gasteiger partial charge in [0.15, 0.2) is 0 Å². The summed E-state index contributed by atoms with van der Waals surface area (Å²) in [6.45, 7) is 1.56. The molecule has 1 aliphatic carbocycles. The van der Waals surface area contributed by atoms with Crippen molar-refractivity contribution < 1.29 is 9.90 Å². The van der Waals surface area contributed by atoms with Gasteiger partial charge in [-0.2, -0.15) is 0 Å². The van der Waals surface area contributed by atoms with E-state index in [1.807, 2.05) is 11.1 Å². The predicted molar refractivity (Wildman–Crippen MR) is 78.5 cm³/mol. The maximum atomic E-state index is 12.5. The number of aliphatic hydroxyl groups excluding tert-OH is 1. The predicted octanol–water partition coefficient (Wildman–Crippen LogP) is 0.604. The molecule has 21 heavy (non-hydrogen) atoms. The van der Waals surface area contributed by atoms with E-state index in [4.69, 9.17) is 5.73 Å². The van der Waals surface area contributed by atoms with Gasteiger partial charge in [0.1, 0.15) is 5.82 Å². The average Bonchev–Trinajstić information content (AvgIpc) is 3.04. The fraction of sp³-hybridized carbons (Fsp3) is 0.733. The van der Waals surface area contributed by atoms with E-state index in [9.17, 15) is 9.90 Å². The molecule has 3 atom stereocenters. The second kappa shape index (κ2) is 6.15.